The Morgan fingerprint density at radius 2 is 1.04 bits per heavy atom. The van der Waals surface area contributed by atoms with E-state index in [1.165, 1.54) is 0 Å². The van der Waals surface area contributed by atoms with Crippen LogP contribution in [0.1, 0.15) is 105 Å². The lowest BCUT2D eigenvalue weighted by atomic mass is 10.1. The largest absolute Gasteiger partial charge is 0.462 e. The van der Waals surface area contributed by atoms with E-state index in [1.807, 2.05) is 13.8 Å². The van der Waals surface area contributed by atoms with Crippen LogP contribution in [0.2, 0.25) is 0 Å². The molecule has 4 nitrogen and oxygen atoms in total. The quantitative estimate of drug-likeness (QED) is 0.288. The van der Waals surface area contributed by atoms with Crippen molar-refractivity contribution in [3.05, 3.63) is 0 Å². The zero-order valence-electron chi connectivity index (χ0n) is 16.3. The second-order valence-electron chi connectivity index (χ2n) is 6.53. The van der Waals surface area contributed by atoms with E-state index in [4.69, 9.17) is 9.47 Å². The van der Waals surface area contributed by atoms with Gasteiger partial charge in [0.1, 0.15) is 12.2 Å². The first-order chi connectivity index (χ1) is 11.6. The van der Waals surface area contributed by atoms with E-state index in [9.17, 15) is 9.59 Å². The Balaban J connectivity index is 3.82. The molecule has 2 unspecified atom stereocenters. The molecule has 0 spiro atoms. The van der Waals surface area contributed by atoms with E-state index < -0.39 is 0 Å². The molecular weight excluding hydrogens is 304 g/mol. The van der Waals surface area contributed by atoms with Gasteiger partial charge in [0.15, 0.2) is 0 Å². The highest BCUT2D eigenvalue weighted by Crippen LogP contribution is 2.13. The number of esters is 2. The van der Waals surface area contributed by atoms with Crippen molar-refractivity contribution in [3.8, 4) is 0 Å². The maximum atomic E-state index is 11.8. The van der Waals surface area contributed by atoms with Crippen LogP contribution < -0.4 is 0 Å². The lowest BCUT2D eigenvalue weighted by Crippen LogP contribution is -2.18. The smallest absolute Gasteiger partial charge is 0.306 e. The summed E-state index contributed by atoms with van der Waals surface area (Å²) in [6, 6.07) is 0. The molecule has 24 heavy (non-hydrogen) atoms. The van der Waals surface area contributed by atoms with Crippen LogP contribution in [0, 0.1) is 0 Å². The van der Waals surface area contributed by atoms with Crippen molar-refractivity contribution in [2.45, 2.75) is 117 Å². The molecular formula is C20H38O4. The van der Waals surface area contributed by atoms with E-state index in [0.717, 1.165) is 51.4 Å². The molecule has 142 valence electrons. The van der Waals surface area contributed by atoms with Gasteiger partial charge in [-0.05, 0) is 38.5 Å². The van der Waals surface area contributed by atoms with Crippen LogP contribution in [0.5, 0.6) is 0 Å². The Morgan fingerprint density at radius 3 is 1.33 bits per heavy atom. The topological polar surface area (TPSA) is 52.6 Å². The fourth-order valence-electron chi connectivity index (χ4n) is 2.58. The van der Waals surface area contributed by atoms with Gasteiger partial charge in [0.05, 0.1) is 0 Å². The minimum absolute atomic E-state index is 0.0475. The Kier molecular flexibility index (Phi) is 14.8. The molecule has 0 N–H and O–H groups in total. The predicted molar refractivity (Wildman–Crippen MR) is 97.9 cm³/mol. The molecule has 0 rings (SSSR count). The van der Waals surface area contributed by atoms with E-state index >= 15 is 0 Å². The molecule has 0 aromatic rings. The van der Waals surface area contributed by atoms with Crippen molar-refractivity contribution >= 4 is 11.9 Å². The first kappa shape index (κ1) is 22.9. The zero-order chi connectivity index (χ0) is 18.2. The molecule has 0 aliphatic carbocycles. The Bertz CT molecular complexity index is 296. The van der Waals surface area contributed by atoms with E-state index in [1.54, 1.807) is 0 Å². The standard InChI is InChI=1S/C20H38O4/c1-5-9-13-17(7-3)23-19(21)15-11-12-16-20(22)24-18(8-4)14-10-6-2/h17-18H,5-16H2,1-4H3. The summed E-state index contributed by atoms with van der Waals surface area (Å²) in [5, 5.41) is 0. The van der Waals surface area contributed by atoms with Crippen LogP contribution >= 0.6 is 0 Å². The third kappa shape index (κ3) is 12.4. The number of hydrogen-bond acceptors (Lipinski definition) is 4. The summed E-state index contributed by atoms with van der Waals surface area (Å²) in [6.07, 6.45) is 10.3. The SMILES string of the molecule is CCCCC(CC)OC(=O)CCCCC(=O)OC(CC)CCCC. The predicted octanol–water partition coefficient (Wildman–Crippen LogP) is 5.57. The zero-order valence-corrected chi connectivity index (χ0v) is 16.3. The minimum atomic E-state index is -0.138. The molecule has 0 amide bonds. The summed E-state index contributed by atoms with van der Waals surface area (Å²) in [7, 11) is 0. The molecule has 0 heterocycles. The molecule has 0 saturated heterocycles. The van der Waals surface area contributed by atoms with Crippen LogP contribution in [-0.4, -0.2) is 24.1 Å². The van der Waals surface area contributed by atoms with Gasteiger partial charge in [0.2, 0.25) is 0 Å². The molecule has 0 aliphatic rings. The summed E-state index contributed by atoms with van der Waals surface area (Å²) in [5.74, 6) is -0.276. The third-order valence-corrected chi connectivity index (χ3v) is 4.28. The van der Waals surface area contributed by atoms with Crippen LogP contribution in [0.4, 0.5) is 0 Å². The molecule has 0 saturated carbocycles. The van der Waals surface area contributed by atoms with Crippen molar-refractivity contribution in [1.29, 1.82) is 0 Å². The lowest BCUT2D eigenvalue weighted by Gasteiger charge is -2.16. The van der Waals surface area contributed by atoms with Gasteiger partial charge in [-0.3, -0.25) is 9.59 Å². The second kappa shape index (κ2) is 15.5. The van der Waals surface area contributed by atoms with Crippen LogP contribution in [0.25, 0.3) is 0 Å². The molecule has 0 aliphatic heterocycles. The molecule has 0 fully saturated rings. The Morgan fingerprint density at radius 1 is 0.667 bits per heavy atom. The van der Waals surface area contributed by atoms with Crippen molar-refractivity contribution in [1.82, 2.24) is 0 Å². The normalized spacial score (nSPS) is 13.3. The van der Waals surface area contributed by atoms with Gasteiger partial charge in [-0.1, -0.05) is 53.4 Å². The van der Waals surface area contributed by atoms with Gasteiger partial charge in [-0.15, -0.1) is 0 Å². The summed E-state index contributed by atoms with van der Waals surface area (Å²) in [4.78, 5) is 23.6. The van der Waals surface area contributed by atoms with Crippen LogP contribution in [-0.2, 0) is 19.1 Å². The molecule has 0 aromatic carbocycles. The van der Waals surface area contributed by atoms with Gasteiger partial charge in [0.25, 0.3) is 0 Å². The highest BCUT2D eigenvalue weighted by atomic mass is 16.5. The summed E-state index contributed by atoms with van der Waals surface area (Å²) in [5.41, 5.74) is 0. The van der Waals surface area contributed by atoms with Crippen molar-refractivity contribution in [2.24, 2.45) is 0 Å². The van der Waals surface area contributed by atoms with E-state index in [-0.39, 0.29) is 24.1 Å². The summed E-state index contributed by atoms with van der Waals surface area (Å²) < 4.78 is 11.0. The van der Waals surface area contributed by atoms with E-state index in [2.05, 4.69) is 13.8 Å². The molecule has 0 bridgehead atoms. The first-order valence-corrected chi connectivity index (χ1v) is 9.96. The summed E-state index contributed by atoms with van der Waals surface area (Å²) >= 11 is 0. The van der Waals surface area contributed by atoms with Gasteiger partial charge >= 0.3 is 11.9 Å². The number of hydrogen-bond donors (Lipinski definition) is 0. The van der Waals surface area contributed by atoms with Crippen LogP contribution in [0.15, 0.2) is 0 Å². The Hall–Kier alpha value is -1.06. The first-order valence-electron chi connectivity index (χ1n) is 9.96. The number of carbonyl (C=O) groups is 2. The number of rotatable bonds is 15. The average molecular weight is 343 g/mol. The van der Waals surface area contributed by atoms with Gasteiger partial charge in [-0.2, -0.15) is 0 Å². The molecule has 0 radical (unpaired) electrons. The minimum Gasteiger partial charge on any atom is -0.462 e. The number of unbranched alkanes of at least 4 members (excludes halogenated alkanes) is 3. The lowest BCUT2D eigenvalue weighted by molar-refractivity contribution is -0.152. The van der Waals surface area contributed by atoms with Crippen molar-refractivity contribution < 1.29 is 19.1 Å². The fourth-order valence-corrected chi connectivity index (χ4v) is 2.58. The summed E-state index contributed by atoms with van der Waals surface area (Å²) in [6.45, 7) is 8.37. The van der Waals surface area contributed by atoms with Crippen LogP contribution in [0.3, 0.4) is 0 Å². The second-order valence-corrected chi connectivity index (χ2v) is 6.53. The molecule has 2 atom stereocenters. The molecule has 0 aromatic heterocycles. The average Bonchev–Trinajstić information content (AvgIpc) is 2.58. The Labute approximate surface area is 148 Å². The molecule has 4 heteroatoms. The number of ether oxygens (including phenoxy) is 2. The van der Waals surface area contributed by atoms with E-state index in [0.29, 0.717) is 25.7 Å². The highest BCUT2D eigenvalue weighted by Gasteiger charge is 2.14. The monoisotopic (exact) mass is 342 g/mol. The van der Waals surface area contributed by atoms with Gasteiger partial charge in [0, 0.05) is 12.8 Å². The van der Waals surface area contributed by atoms with Gasteiger partial charge in [-0.25, -0.2) is 0 Å². The maximum absolute atomic E-state index is 11.8. The third-order valence-electron chi connectivity index (χ3n) is 4.28. The maximum Gasteiger partial charge on any atom is 0.306 e. The van der Waals surface area contributed by atoms with Crippen molar-refractivity contribution in [3.63, 3.8) is 0 Å². The fraction of sp³-hybridized carbons (Fsp3) is 0.900. The highest BCUT2D eigenvalue weighted by molar-refractivity contribution is 5.70. The van der Waals surface area contributed by atoms with Gasteiger partial charge < -0.3 is 9.47 Å². The van der Waals surface area contributed by atoms with Crippen molar-refractivity contribution in [2.75, 3.05) is 0 Å². The number of carbonyl (C=O) groups excluding carboxylic acids is 2.